The van der Waals surface area contributed by atoms with Gasteiger partial charge in [0.1, 0.15) is 16.9 Å². The molecule has 0 aliphatic carbocycles. The molecule has 5 rings (SSSR count). The number of phenols is 1. The number of phenolic OH excluding ortho intramolecular Hbond substituents is 1. The van der Waals surface area contributed by atoms with E-state index in [-0.39, 0.29) is 17.3 Å². The van der Waals surface area contributed by atoms with E-state index in [1.54, 1.807) is 18.2 Å². The maximum absolute atomic E-state index is 13.3. The highest BCUT2D eigenvalue weighted by Gasteiger charge is 2.26. The topological polar surface area (TPSA) is 80.7 Å². The lowest BCUT2D eigenvalue weighted by molar-refractivity contribution is 0.101. The highest BCUT2D eigenvalue weighted by molar-refractivity contribution is 6.20. The molecular weight excluding hydrogens is 380 g/mol. The Labute approximate surface area is 170 Å². The maximum atomic E-state index is 13.3. The lowest BCUT2D eigenvalue weighted by Crippen LogP contribution is -2.01. The van der Waals surface area contributed by atoms with E-state index in [2.05, 4.69) is 0 Å². The number of hydrogen-bond acceptors (Lipinski definition) is 5. The first-order chi connectivity index (χ1) is 14.5. The van der Waals surface area contributed by atoms with Gasteiger partial charge in [0.05, 0.1) is 5.39 Å². The summed E-state index contributed by atoms with van der Waals surface area (Å²) in [6.07, 6.45) is 0. The third kappa shape index (κ3) is 2.79. The third-order valence-electron chi connectivity index (χ3n) is 5.15. The van der Waals surface area contributed by atoms with Crippen LogP contribution in [0.3, 0.4) is 0 Å². The van der Waals surface area contributed by atoms with Crippen LogP contribution in [0.2, 0.25) is 0 Å². The molecule has 5 nitrogen and oxygen atoms in total. The smallest absolute Gasteiger partial charge is 0.336 e. The minimum atomic E-state index is -0.464. The normalized spacial score (nSPS) is 11.2. The molecule has 0 bridgehead atoms. The van der Waals surface area contributed by atoms with E-state index < -0.39 is 5.63 Å². The van der Waals surface area contributed by atoms with E-state index in [9.17, 15) is 14.7 Å². The number of aryl methyl sites for hydroxylation is 1. The Morgan fingerprint density at radius 1 is 0.900 bits per heavy atom. The summed E-state index contributed by atoms with van der Waals surface area (Å²) in [5, 5.41) is 11.2. The number of hydrogen-bond donors (Lipinski definition) is 1. The van der Waals surface area contributed by atoms with Gasteiger partial charge < -0.3 is 13.9 Å². The van der Waals surface area contributed by atoms with Gasteiger partial charge in [-0.1, -0.05) is 42.5 Å². The van der Waals surface area contributed by atoms with Crippen LogP contribution in [0.1, 0.15) is 21.7 Å². The SMILES string of the molecule is Cc1cc(=O)oc2c1ccc1oc(C(=O)c3cccc(O)c3)c(-c3ccccc3)c12. The zero-order valence-corrected chi connectivity index (χ0v) is 16.0. The van der Waals surface area contributed by atoms with Gasteiger partial charge in [0, 0.05) is 22.6 Å². The van der Waals surface area contributed by atoms with Crippen molar-refractivity contribution in [2.24, 2.45) is 0 Å². The Balaban J connectivity index is 1.91. The Morgan fingerprint density at radius 2 is 1.70 bits per heavy atom. The van der Waals surface area contributed by atoms with Crippen LogP contribution in [-0.4, -0.2) is 10.9 Å². The van der Waals surface area contributed by atoms with Crippen LogP contribution in [0.15, 0.2) is 86.4 Å². The molecule has 30 heavy (non-hydrogen) atoms. The Morgan fingerprint density at radius 3 is 2.47 bits per heavy atom. The number of carbonyl (C=O) groups excluding carboxylic acids is 1. The van der Waals surface area contributed by atoms with Crippen LogP contribution < -0.4 is 5.63 Å². The van der Waals surface area contributed by atoms with E-state index >= 15 is 0 Å². The molecule has 0 unspecified atom stereocenters. The summed E-state index contributed by atoms with van der Waals surface area (Å²) in [6.45, 7) is 1.84. The zero-order valence-electron chi connectivity index (χ0n) is 16.0. The number of benzene rings is 3. The highest BCUT2D eigenvalue weighted by Crippen LogP contribution is 2.40. The average Bonchev–Trinajstić information content (AvgIpc) is 3.14. The van der Waals surface area contributed by atoms with E-state index in [1.807, 2.05) is 43.3 Å². The second-order valence-corrected chi connectivity index (χ2v) is 7.12. The van der Waals surface area contributed by atoms with Crippen LogP contribution in [0.25, 0.3) is 33.1 Å². The monoisotopic (exact) mass is 396 g/mol. The van der Waals surface area contributed by atoms with Crippen LogP contribution in [0.4, 0.5) is 0 Å². The van der Waals surface area contributed by atoms with Crippen molar-refractivity contribution in [1.29, 1.82) is 0 Å². The summed E-state index contributed by atoms with van der Waals surface area (Å²) in [4.78, 5) is 25.4. The molecule has 0 spiro atoms. The van der Waals surface area contributed by atoms with Crippen LogP contribution >= 0.6 is 0 Å². The predicted molar refractivity (Wildman–Crippen MR) is 114 cm³/mol. The van der Waals surface area contributed by atoms with Crippen molar-refractivity contribution < 1.29 is 18.7 Å². The minimum absolute atomic E-state index is 0.00899. The molecule has 0 atom stereocenters. The van der Waals surface area contributed by atoms with E-state index in [0.717, 1.165) is 16.5 Å². The van der Waals surface area contributed by atoms with Gasteiger partial charge in [-0.25, -0.2) is 4.79 Å². The summed E-state index contributed by atoms with van der Waals surface area (Å²) in [5.41, 5.74) is 2.76. The molecule has 1 N–H and O–H groups in total. The van der Waals surface area contributed by atoms with Gasteiger partial charge in [-0.2, -0.15) is 0 Å². The standard InChI is InChI=1S/C25H16O5/c1-14-12-20(27)30-24-18(14)10-11-19-22(24)21(15-6-3-2-4-7-15)25(29-19)23(28)16-8-5-9-17(26)13-16/h2-13,26H,1H3. The van der Waals surface area contributed by atoms with Crippen molar-refractivity contribution in [3.8, 4) is 16.9 Å². The highest BCUT2D eigenvalue weighted by atomic mass is 16.4. The Bertz CT molecular complexity index is 1490. The van der Waals surface area contributed by atoms with Crippen LogP contribution in [0.5, 0.6) is 5.75 Å². The van der Waals surface area contributed by atoms with Gasteiger partial charge in [-0.15, -0.1) is 0 Å². The first kappa shape index (κ1) is 17.9. The number of furan rings is 1. The molecule has 2 aromatic heterocycles. The van der Waals surface area contributed by atoms with Gasteiger partial charge in [-0.05, 0) is 42.3 Å². The van der Waals surface area contributed by atoms with Crippen molar-refractivity contribution >= 4 is 27.7 Å². The van der Waals surface area contributed by atoms with Crippen LogP contribution in [-0.2, 0) is 0 Å². The lowest BCUT2D eigenvalue weighted by Gasteiger charge is -2.05. The summed E-state index contributed by atoms with van der Waals surface area (Å²) in [6, 6.07) is 20.5. The molecule has 0 aliphatic heterocycles. The van der Waals surface area contributed by atoms with Gasteiger partial charge >= 0.3 is 5.63 Å². The number of carbonyl (C=O) groups is 1. The largest absolute Gasteiger partial charge is 0.508 e. The van der Waals surface area contributed by atoms with Crippen molar-refractivity contribution in [1.82, 2.24) is 0 Å². The van der Waals surface area contributed by atoms with Gasteiger partial charge in [0.2, 0.25) is 5.78 Å². The molecule has 0 saturated heterocycles. The molecule has 0 saturated carbocycles. The van der Waals surface area contributed by atoms with Crippen LogP contribution in [0, 0.1) is 6.92 Å². The summed E-state index contributed by atoms with van der Waals surface area (Å²) >= 11 is 0. The van der Waals surface area contributed by atoms with Crippen molar-refractivity contribution in [3.63, 3.8) is 0 Å². The lowest BCUT2D eigenvalue weighted by atomic mass is 9.96. The van der Waals surface area contributed by atoms with E-state index in [1.165, 1.54) is 18.2 Å². The molecule has 0 aliphatic rings. The quantitative estimate of drug-likeness (QED) is 0.324. The van der Waals surface area contributed by atoms with Crippen molar-refractivity contribution in [3.05, 3.63) is 100 Å². The first-order valence-corrected chi connectivity index (χ1v) is 9.42. The second kappa shape index (κ2) is 6.74. The second-order valence-electron chi connectivity index (χ2n) is 7.12. The zero-order chi connectivity index (χ0) is 20.8. The molecule has 5 aromatic rings. The minimum Gasteiger partial charge on any atom is -0.508 e. The third-order valence-corrected chi connectivity index (χ3v) is 5.15. The Kier molecular flexibility index (Phi) is 4.03. The summed E-state index contributed by atoms with van der Waals surface area (Å²) < 4.78 is 11.6. The van der Waals surface area contributed by atoms with Gasteiger partial charge in [0.25, 0.3) is 0 Å². The molecule has 146 valence electrons. The van der Waals surface area contributed by atoms with E-state index in [4.69, 9.17) is 8.83 Å². The fourth-order valence-electron chi connectivity index (χ4n) is 3.78. The van der Waals surface area contributed by atoms with Gasteiger partial charge in [0.15, 0.2) is 5.76 Å². The predicted octanol–water partition coefficient (Wildman–Crippen LogP) is 5.45. The molecule has 5 heteroatoms. The molecule has 2 heterocycles. The molecule has 0 amide bonds. The fraction of sp³-hybridized carbons (Fsp3) is 0.0400. The number of fused-ring (bicyclic) bond motifs is 3. The molecular formula is C25H16O5. The number of rotatable bonds is 3. The number of aromatic hydroxyl groups is 1. The Hall–Kier alpha value is -4.12. The van der Waals surface area contributed by atoms with Gasteiger partial charge in [-0.3, -0.25) is 4.79 Å². The molecule has 0 fully saturated rings. The van der Waals surface area contributed by atoms with Crippen molar-refractivity contribution in [2.45, 2.75) is 6.92 Å². The van der Waals surface area contributed by atoms with E-state index in [0.29, 0.717) is 27.7 Å². The first-order valence-electron chi connectivity index (χ1n) is 9.42. The summed E-state index contributed by atoms with van der Waals surface area (Å²) in [7, 11) is 0. The molecule has 0 radical (unpaired) electrons. The average molecular weight is 396 g/mol. The maximum Gasteiger partial charge on any atom is 0.336 e. The molecule has 3 aromatic carbocycles. The van der Waals surface area contributed by atoms with Crippen molar-refractivity contribution in [2.75, 3.05) is 0 Å². The number of ketones is 1. The fourth-order valence-corrected chi connectivity index (χ4v) is 3.78. The summed E-state index contributed by atoms with van der Waals surface area (Å²) in [5.74, 6) is -0.257.